The number of carbonyl (C=O) groups is 1. The van der Waals surface area contributed by atoms with Crippen LogP contribution < -0.4 is 0 Å². The highest BCUT2D eigenvalue weighted by molar-refractivity contribution is 5.51. The van der Waals surface area contributed by atoms with E-state index in [9.17, 15) is 15.0 Å². The largest absolute Gasteiger partial charge is 0.394 e. The van der Waals surface area contributed by atoms with Crippen molar-refractivity contribution in [3.8, 4) is 0 Å². The van der Waals surface area contributed by atoms with Gasteiger partial charge in [-0.2, -0.15) is 0 Å². The topological polar surface area (TPSA) is 77.8 Å². The Morgan fingerprint density at radius 3 is 2.54 bits per heavy atom. The predicted octanol–water partition coefficient (Wildman–Crippen LogP) is -0.150. The number of rotatable bonds is 7. The number of carbonyl (C=O) groups excluding carboxylic acids is 1. The first-order valence-electron chi connectivity index (χ1n) is 4.55. The van der Waals surface area contributed by atoms with Crippen LogP contribution in [0.3, 0.4) is 0 Å². The molecule has 0 saturated heterocycles. The van der Waals surface area contributed by atoms with E-state index in [4.69, 9.17) is 5.11 Å². The molecule has 0 amide bonds. The molecular formula is C9H18O4. The summed E-state index contributed by atoms with van der Waals surface area (Å²) in [6, 6.07) is 0. The smallest absolute Gasteiger partial charge is 0.122 e. The lowest BCUT2D eigenvalue weighted by molar-refractivity contribution is -0.127. The maximum Gasteiger partial charge on any atom is 0.122 e. The second-order valence-corrected chi connectivity index (χ2v) is 3.28. The van der Waals surface area contributed by atoms with E-state index < -0.39 is 18.3 Å². The number of hydrogen-bond acceptors (Lipinski definition) is 4. The Morgan fingerprint density at radius 2 is 2.15 bits per heavy atom. The van der Waals surface area contributed by atoms with Gasteiger partial charge in [0.05, 0.1) is 12.2 Å². The maximum atomic E-state index is 10.3. The van der Waals surface area contributed by atoms with Gasteiger partial charge < -0.3 is 20.1 Å². The minimum Gasteiger partial charge on any atom is -0.394 e. The Labute approximate surface area is 78.2 Å². The lowest BCUT2D eigenvalue weighted by Crippen LogP contribution is -2.44. The molecule has 2 atom stereocenters. The highest BCUT2D eigenvalue weighted by Crippen LogP contribution is 2.21. The summed E-state index contributed by atoms with van der Waals surface area (Å²) in [7, 11) is 0. The summed E-state index contributed by atoms with van der Waals surface area (Å²) in [5.41, 5.74) is -1.45. The van der Waals surface area contributed by atoms with Crippen molar-refractivity contribution in [3.63, 3.8) is 0 Å². The van der Waals surface area contributed by atoms with Crippen LogP contribution in [0.15, 0.2) is 0 Å². The summed E-state index contributed by atoms with van der Waals surface area (Å²) in [5.74, 6) is 0. The van der Waals surface area contributed by atoms with Crippen LogP contribution in [0.4, 0.5) is 0 Å². The van der Waals surface area contributed by atoms with E-state index in [-0.39, 0.29) is 6.42 Å². The summed E-state index contributed by atoms with van der Waals surface area (Å²) >= 11 is 0. The third-order valence-electron chi connectivity index (χ3n) is 2.19. The molecule has 0 heterocycles. The molecule has 0 bridgehead atoms. The first-order chi connectivity index (χ1) is 6.10. The molecule has 0 aliphatic carbocycles. The normalized spacial score (nSPS) is 17.8. The third kappa shape index (κ3) is 3.85. The zero-order chi connectivity index (χ0) is 10.3. The summed E-state index contributed by atoms with van der Waals surface area (Å²) in [6.45, 7) is 1.43. The van der Waals surface area contributed by atoms with E-state index in [2.05, 4.69) is 0 Å². The lowest BCUT2D eigenvalue weighted by Gasteiger charge is -2.30. The minimum atomic E-state index is -1.45. The van der Waals surface area contributed by atoms with E-state index >= 15 is 0 Å². The van der Waals surface area contributed by atoms with Crippen LogP contribution in [-0.4, -0.2) is 39.9 Å². The molecule has 4 heteroatoms. The van der Waals surface area contributed by atoms with Crippen LogP contribution in [0, 0.1) is 0 Å². The SMILES string of the molecule is CCCCC(O)(CC=O)C(O)CO. The highest BCUT2D eigenvalue weighted by atomic mass is 16.4. The molecule has 0 spiro atoms. The highest BCUT2D eigenvalue weighted by Gasteiger charge is 2.33. The average Bonchev–Trinajstić information content (AvgIpc) is 2.14. The zero-order valence-corrected chi connectivity index (χ0v) is 7.94. The predicted molar refractivity (Wildman–Crippen MR) is 48.2 cm³/mol. The Morgan fingerprint density at radius 1 is 1.54 bits per heavy atom. The van der Waals surface area contributed by atoms with Crippen molar-refractivity contribution in [2.24, 2.45) is 0 Å². The summed E-state index contributed by atoms with van der Waals surface area (Å²) in [4.78, 5) is 10.3. The molecule has 0 fully saturated rings. The summed E-state index contributed by atoms with van der Waals surface area (Å²) in [5, 5.41) is 27.7. The Kier molecular flexibility index (Phi) is 5.86. The van der Waals surface area contributed by atoms with Gasteiger partial charge in [-0.05, 0) is 6.42 Å². The fourth-order valence-corrected chi connectivity index (χ4v) is 1.20. The fraction of sp³-hybridized carbons (Fsp3) is 0.889. The molecule has 0 aromatic rings. The van der Waals surface area contributed by atoms with Gasteiger partial charge in [0.1, 0.15) is 12.4 Å². The first kappa shape index (κ1) is 12.6. The van der Waals surface area contributed by atoms with Gasteiger partial charge in [-0.15, -0.1) is 0 Å². The van der Waals surface area contributed by atoms with E-state index in [1.54, 1.807) is 0 Å². The zero-order valence-electron chi connectivity index (χ0n) is 7.94. The molecule has 3 N–H and O–H groups in total. The van der Waals surface area contributed by atoms with Gasteiger partial charge in [-0.1, -0.05) is 19.8 Å². The van der Waals surface area contributed by atoms with Crippen molar-refractivity contribution in [2.45, 2.75) is 44.3 Å². The molecule has 0 saturated carbocycles. The molecule has 0 aromatic carbocycles. The van der Waals surface area contributed by atoms with E-state index in [1.807, 2.05) is 6.92 Å². The first-order valence-corrected chi connectivity index (χ1v) is 4.55. The molecule has 0 radical (unpaired) electrons. The van der Waals surface area contributed by atoms with Gasteiger partial charge in [-0.25, -0.2) is 0 Å². The molecule has 2 unspecified atom stereocenters. The summed E-state index contributed by atoms with van der Waals surface area (Å²) in [6.07, 6.45) is 1.14. The van der Waals surface area contributed by atoms with Crippen molar-refractivity contribution >= 4 is 6.29 Å². The minimum absolute atomic E-state index is 0.130. The quantitative estimate of drug-likeness (QED) is 0.488. The van der Waals surface area contributed by atoms with Crippen molar-refractivity contribution in [1.29, 1.82) is 0 Å². The van der Waals surface area contributed by atoms with Crippen LogP contribution in [0.25, 0.3) is 0 Å². The molecule has 0 aliphatic heterocycles. The second-order valence-electron chi connectivity index (χ2n) is 3.28. The molecule has 4 nitrogen and oxygen atoms in total. The molecule has 0 aliphatic rings. The van der Waals surface area contributed by atoms with Crippen LogP contribution in [0.5, 0.6) is 0 Å². The van der Waals surface area contributed by atoms with Crippen molar-refractivity contribution in [3.05, 3.63) is 0 Å². The van der Waals surface area contributed by atoms with Crippen LogP contribution in [0.2, 0.25) is 0 Å². The Bertz CT molecular complexity index is 149. The lowest BCUT2D eigenvalue weighted by atomic mass is 9.88. The van der Waals surface area contributed by atoms with Crippen LogP contribution in [0.1, 0.15) is 32.6 Å². The molecule has 13 heavy (non-hydrogen) atoms. The van der Waals surface area contributed by atoms with Crippen LogP contribution >= 0.6 is 0 Å². The molecule has 78 valence electrons. The van der Waals surface area contributed by atoms with Crippen molar-refractivity contribution < 1.29 is 20.1 Å². The Balaban J connectivity index is 4.22. The standard InChI is InChI=1S/C9H18O4/c1-2-3-4-9(13,5-6-10)8(12)7-11/h6,8,11-13H,2-5,7H2,1H3. The van der Waals surface area contributed by atoms with Gasteiger partial charge in [0.15, 0.2) is 0 Å². The fourth-order valence-electron chi connectivity index (χ4n) is 1.20. The summed E-state index contributed by atoms with van der Waals surface area (Å²) < 4.78 is 0. The van der Waals surface area contributed by atoms with Gasteiger partial charge in [0, 0.05) is 6.42 Å². The van der Waals surface area contributed by atoms with Crippen molar-refractivity contribution in [1.82, 2.24) is 0 Å². The molecule has 0 rings (SSSR count). The van der Waals surface area contributed by atoms with Gasteiger partial charge in [0.25, 0.3) is 0 Å². The maximum absolute atomic E-state index is 10.3. The monoisotopic (exact) mass is 190 g/mol. The number of hydrogen-bond donors (Lipinski definition) is 3. The number of unbranched alkanes of at least 4 members (excludes halogenated alkanes) is 1. The third-order valence-corrected chi connectivity index (χ3v) is 2.19. The van der Waals surface area contributed by atoms with E-state index in [1.165, 1.54) is 0 Å². The van der Waals surface area contributed by atoms with E-state index in [0.717, 1.165) is 12.8 Å². The van der Waals surface area contributed by atoms with Gasteiger partial charge >= 0.3 is 0 Å². The van der Waals surface area contributed by atoms with E-state index in [0.29, 0.717) is 12.7 Å². The number of aliphatic hydroxyl groups excluding tert-OH is 2. The Hall–Kier alpha value is -0.450. The van der Waals surface area contributed by atoms with Gasteiger partial charge in [0.2, 0.25) is 0 Å². The average molecular weight is 190 g/mol. The van der Waals surface area contributed by atoms with Crippen molar-refractivity contribution in [2.75, 3.05) is 6.61 Å². The molecular weight excluding hydrogens is 172 g/mol. The number of aliphatic hydroxyl groups is 3. The number of aldehydes is 1. The second kappa shape index (κ2) is 6.07. The van der Waals surface area contributed by atoms with Gasteiger partial charge in [-0.3, -0.25) is 0 Å². The van der Waals surface area contributed by atoms with Crippen LogP contribution in [-0.2, 0) is 4.79 Å². The molecule has 0 aromatic heterocycles.